The molecule has 4 rings (SSSR count). The van der Waals surface area contributed by atoms with Gasteiger partial charge in [-0.1, -0.05) is 66.7 Å². The summed E-state index contributed by atoms with van der Waals surface area (Å²) in [6.45, 7) is 19.0. The van der Waals surface area contributed by atoms with Gasteiger partial charge in [0.1, 0.15) is 17.9 Å². The summed E-state index contributed by atoms with van der Waals surface area (Å²) in [5, 5.41) is 32.3. The molecule has 306 valence electrons. The van der Waals surface area contributed by atoms with Gasteiger partial charge < -0.3 is 35.8 Å². The maximum Gasteiger partial charge on any atom is 0.251 e. The van der Waals surface area contributed by atoms with Gasteiger partial charge in [0.2, 0.25) is 11.8 Å². The van der Waals surface area contributed by atoms with Crippen molar-refractivity contribution in [2.24, 2.45) is 35.0 Å². The number of ether oxygens (including phenoxy) is 1. The third-order valence-electron chi connectivity index (χ3n) is 12.3. The van der Waals surface area contributed by atoms with Gasteiger partial charge in [0.15, 0.2) is 0 Å². The van der Waals surface area contributed by atoms with E-state index in [1.807, 2.05) is 37.2 Å². The molecule has 1 saturated carbocycles. The Morgan fingerprint density at radius 1 is 1.09 bits per heavy atom. The number of aliphatic hydroxyl groups excluding tert-OH is 2. The van der Waals surface area contributed by atoms with Gasteiger partial charge in [-0.25, -0.2) is 0 Å². The largest absolute Gasteiger partial charge is 0.496 e. The summed E-state index contributed by atoms with van der Waals surface area (Å²) in [5.74, 6) is 0.397. The zero-order chi connectivity index (χ0) is 40.9. The Hall–Kier alpha value is -3.55. The van der Waals surface area contributed by atoms with Crippen molar-refractivity contribution in [3.63, 3.8) is 0 Å². The topological polar surface area (TPSA) is 153 Å². The van der Waals surface area contributed by atoms with E-state index < -0.39 is 24.2 Å². The number of hydroxylamine groups is 2. The number of anilines is 1. The number of nitrogens with zero attached hydrogens (tertiary/aromatic N) is 2. The fraction of sp³-hybridized carbons (Fsp3) is 0.651. The summed E-state index contributed by atoms with van der Waals surface area (Å²) in [6.07, 6.45) is -0.0977. The first-order valence-corrected chi connectivity index (χ1v) is 19.9. The molecule has 12 heteroatoms. The van der Waals surface area contributed by atoms with E-state index >= 15 is 0 Å². The Kier molecular flexibility index (Phi) is 14.9. The molecule has 2 fully saturated rings. The minimum absolute atomic E-state index is 0.0566. The normalized spacial score (nSPS) is 26.4. The van der Waals surface area contributed by atoms with Gasteiger partial charge in [0.25, 0.3) is 5.91 Å². The number of benzene rings is 2. The highest BCUT2D eigenvalue weighted by molar-refractivity contribution is 5.99. The van der Waals surface area contributed by atoms with Crippen molar-refractivity contribution in [1.82, 2.24) is 20.6 Å². The SMILES string of the molecule is COc1c(CN2O[C@@H](CO)[C@@H]([C@H](C)O)[C@H]2C(=O)N[C@H]2C[C@@H](C)C(C)(C)[C@@H](C)[C@@H]2C)cccc1-c1cc(NC(C)=O)cc(C(=O)N[C@@H](CC(C)C)CN(C)C)c1. The summed E-state index contributed by atoms with van der Waals surface area (Å²) in [6, 6.07) is 9.85. The van der Waals surface area contributed by atoms with Gasteiger partial charge in [-0.05, 0) is 86.7 Å². The van der Waals surface area contributed by atoms with Crippen LogP contribution in [-0.2, 0) is 21.0 Å². The molecule has 9 atom stereocenters. The van der Waals surface area contributed by atoms with E-state index in [0.29, 0.717) is 58.0 Å². The molecule has 0 bridgehead atoms. The summed E-state index contributed by atoms with van der Waals surface area (Å²) < 4.78 is 6.04. The van der Waals surface area contributed by atoms with E-state index in [1.54, 1.807) is 37.3 Å². The molecular weight excluding hydrogens is 699 g/mol. The molecule has 0 aromatic heterocycles. The number of aliphatic hydroxyl groups is 2. The smallest absolute Gasteiger partial charge is 0.251 e. The monoisotopic (exact) mass is 766 g/mol. The van der Waals surface area contributed by atoms with Crippen molar-refractivity contribution < 1.29 is 34.2 Å². The number of amides is 3. The lowest BCUT2D eigenvalue weighted by atomic mass is 9.58. The lowest BCUT2D eigenvalue weighted by Crippen LogP contribution is -2.56. The quantitative estimate of drug-likeness (QED) is 0.162. The molecular formula is C43H67N5O7. The number of carbonyl (C=O) groups is 3. The van der Waals surface area contributed by atoms with Gasteiger partial charge in [-0.2, -0.15) is 5.06 Å². The highest BCUT2D eigenvalue weighted by atomic mass is 16.7. The molecule has 3 amide bonds. The lowest BCUT2D eigenvalue weighted by molar-refractivity contribution is -0.182. The van der Waals surface area contributed by atoms with Crippen LogP contribution in [0, 0.1) is 35.0 Å². The Labute approximate surface area is 328 Å². The molecule has 0 unspecified atom stereocenters. The van der Waals surface area contributed by atoms with E-state index in [0.717, 1.165) is 12.8 Å². The summed E-state index contributed by atoms with van der Waals surface area (Å²) >= 11 is 0. The van der Waals surface area contributed by atoms with Crippen molar-refractivity contribution >= 4 is 23.4 Å². The number of hydrogen-bond acceptors (Lipinski definition) is 9. The number of methoxy groups -OCH3 is 1. The maximum absolute atomic E-state index is 14.3. The molecule has 5 N–H and O–H groups in total. The first kappa shape index (κ1) is 44.2. The number of carbonyl (C=O) groups excluding carboxylic acids is 3. The van der Waals surface area contributed by atoms with E-state index in [4.69, 9.17) is 9.57 Å². The average Bonchev–Trinajstić information content (AvgIpc) is 3.47. The highest BCUT2D eigenvalue weighted by Crippen LogP contribution is 2.47. The van der Waals surface area contributed by atoms with E-state index in [1.165, 1.54) is 6.92 Å². The number of likely N-dealkylation sites (N-methyl/N-ethyl adjacent to an activating group) is 1. The Morgan fingerprint density at radius 3 is 2.36 bits per heavy atom. The van der Waals surface area contributed by atoms with Crippen molar-refractivity contribution in [1.29, 1.82) is 0 Å². The minimum atomic E-state index is -0.939. The predicted molar refractivity (Wildman–Crippen MR) is 216 cm³/mol. The third kappa shape index (κ3) is 10.5. The molecule has 0 spiro atoms. The minimum Gasteiger partial charge on any atom is -0.496 e. The van der Waals surface area contributed by atoms with Crippen LogP contribution in [0.3, 0.4) is 0 Å². The predicted octanol–water partition coefficient (Wildman–Crippen LogP) is 5.32. The maximum atomic E-state index is 14.3. The van der Waals surface area contributed by atoms with Crippen molar-refractivity contribution in [3.8, 4) is 16.9 Å². The standard InChI is InChI=1S/C43H67N5O7/c1-24(2)16-34(22-47(10)11)45-41(52)32-18-31(19-33(20-32)44-29(7)51)35-15-13-14-30(40(35)54-12)21-48-39(38(28(6)50)37(23-49)55-48)42(53)46-36-17-25(3)43(8,9)27(5)26(36)4/h13-15,18-20,24-28,34,36-39,49-50H,16-17,21-23H2,1-12H3,(H,44,51)(H,45,52)(H,46,53)/t25-,26+,27+,28+,34+,36+,37+,38-,39+/m1/s1. The zero-order valence-electron chi connectivity index (χ0n) is 35.1. The molecule has 2 aliphatic rings. The first-order chi connectivity index (χ1) is 25.8. The summed E-state index contributed by atoms with van der Waals surface area (Å²) in [4.78, 5) is 48.7. The van der Waals surface area contributed by atoms with Crippen LogP contribution in [-0.4, -0.2) is 103 Å². The van der Waals surface area contributed by atoms with Crippen LogP contribution < -0.4 is 20.7 Å². The molecule has 1 aliphatic heterocycles. The molecule has 2 aromatic carbocycles. The number of para-hydroxylation sites is 1. The number of rotatable bonds is 15. The molecule has 1 aliphatic carbocycles. The molecule has 55 heavy (non-hydrogen) atoms. The van der Waals surface area contributed by atoms with Gasteiger partial charge in [0, 0.05) is 53.8 Å². The number of hydrogen-bond donors (Lipinski definition) is 5. The Morgan fingerprint density at radius 2 is 1.78 bits per heavy atom. The lowest BCUT2D eigenvalue weighted by Gasteiger charge is -2.50. The van der Waals surface area contributed by atoms with E-state index in [2.05, 4.69) is 64.4 Å². The van der Waals surface area contributed by atoms with Crippen LogP contribution in [0.2, 0.25) is 0 Å². The molecule has 0 radical (unpaired) electrons. The van der Waals surface area contributed by atoms with Gasteiger partial charge in [-0.3, -0.25) is 19.2 Å². The molecule has 12 nitrogen and oxygen atoms in total. The second-order valence-corrected chi connectivity index (χ2v) is 17.4. The van der Waals surface area contributed by atoms with Gasteiger partial charge in [-0.15, -0.1) is 0 Å². The average molecular weight is 766 g/mol. The van der Waals surface area contributed by atoms with Crippen molar-refractivity contribution in [3.05, 3.63) is 47.5 Å². The van der Waals surface area contributed by atoms with Crippen LogP contribution in [0.25, 0.3) is 11.1 Å². The Balaban J connectivity index is 1.71. The molecule has 1 saturated heterocycles. The zero-order valence-corrected chi connectivity index (χ0v) is 35.1. The van der Waals surface area contributed by atoms with Gasteiger partial charge in [0.05, 0.1) is 26.4 Å². The summed E-state index contributed by atoms with van der Waals surface area (Å²) in [5.41, 5.74) is 2.98. The van der Waals surface area contributed by atoms with E-state index in [-0.39, 0.29) is 54.3 Å². The second-order valence-electron chi connectivity index (χ2n) is 17.4. The van der Waals surface area contributed by atoms with Crippen LogP contribution >= 0.6 is 0 Å². The van der Waals surface area contributed by atoms with Crippen LogP contribution in [0.1, 0.15) is 91.1 Å². The Bertz CT molecular complexity index is 1630. The highest BCUT2D eigenvalue weighted by Gasteiger charge is 2.51. The first-order valence-electron chi connectivity index (χ1n) is 19.9. The molecule has 1 heterocycles. The second kappa shape index (κ2) is 18.6. The third-order valence-corrected chi connectivity index (χ3v) is 12.3. The fourth-order valence-electron chi connectivity index (χ4n) is 8.70. The van der Waals surface area contributed by atoms with Crippen LogP contribution in [0.15, 0.2) is 36.4 Å². The van der Waals surface area contributed by atoms with Gasteiger partial charge >= 0.3 is 0 Å². The van der Waals surface area contributed by atoms with Crippen LogP contribution in [0.4, 0.5) is 5.69 Å². The molecule has 2 aromatic rings. The van der Waals surface area contributed by atoms with Crippen LogP contribution in [0.5, 0.6) is 5.75 Å². The van der Waals surface area contributed by atoms with Crippen molar-refractivity contribution in [2.45, 2.75) is 112 Å². The van der Waals surface area contributed by atoms with E-state index in [9.17, 15) is 24.6 Å². The van der Waals surface area contributed by atoms with Crippen molar-refractivity contribution in [2.75, 3.05) is 39.7 Å². The fourth-order valence-corrected chi connectivity index (χ4v) is 8.70. The summed E-state index contributed by atoms with van der Waals surface area (Å²) in [7, 11) is 5.51. The number of nitrogens with one attached hydrogen (secondary N) is 3.